The van der Waals surface area contributed by atoms with Crippen molar-refractivity contribution in [2.75, 3.05) is 0 Å². The van der Waals surface area contributed by atoms with E-state index in [-0.39, 0.29) is 29.9 Å². The van der Waals surface area contributed by atoms with Crippen LogP contribution >= 0.6 is 0 Å². The number of rotatable bonds is 5. The first kappa shape index (κ1) is 15.9. The van der Waals surface area contributed by atoms with Gasteiger partial charge >= 0.3 is 5.97 Å². The lowest BCUT2D eigenvalue weighted by molar-refractivity contribution is -0.136. The van der Waals surface area contributed by atoms with Crippen molar-refractivity contribution < 1.29 is 18.8 Å². The van der Waals surface area contributed by atoms with Gasteiger partial charge < -0.3 is 9.63 Å². The predicted octanol–water partition coefficient (Wildman–Crippen LogP) is 3.65. The first-order valence-electron chi connectivity index (χ1n) is 7.43. The maximum absolute atomic E-state index is 14.4. The lowest BCUT2D eigenvalue weighted by atomic mass is 9.97. The molecule has 2 aromatic carbocycles. The Balaban J connectivity index is 1.86. The second-order valence-corrected chi connectivity index (χ2v) is 5.45. The normalized spacial score (nSPS) is 12.1. The van der Waals surface area contributed by atoms with Gasteiger partial charge in [-0.2, -0.15) is 4.98 Å². The van der Waals surface area contributed by atoms with Gasteiger partial charge in [0.05, 0.1) is 5.92 Å². The molecule has 0 aliphatic rings. The molecule has 1 unspecified atom stereocenters. The number of aliphatic carboxylic acids is 1. The highest BCUT2D eigenvalue weighted by atomic mass is 19.1. The van der Waals surface area contributed by atoms with Crippen molar-refractivity contribution in [2.24, 2.45) is 0 Å². The van der Waals surface area contributed by atoms with Crippen LogP contribution in [0.4, 0.5) is 4.39 Å². The molecule has 3 rings (SSSR count). The fraction of sp³-hybridized carbons (Fsp3) is 0.167. The summed E-state index contributed by atoms with van der Waals surface area (Å²) >= 11 is 0. The number of benzene rings is 2. The molecule has 122 valence electrons. The number of nitrogens with zero attached hydrogens (tertiary/aromatic N) is 2. The second-order valence-electron chi connectivity index (χ2n) is 5.45. The van der Waals surface area contributed by atoms with Gasteiger partial charge in [0.1, 0.15) is 12.2 Å². The maximum atomic E-state index is 14.4. The number of hydrogen-bond acceptors (Lipinski definition) is 4. The van der Waals surface area contributed by atoms with Crippen molar-refractivity contribution in [3.8, 4) is 11.1 Å². The molecule has 0 saturated heterocycles. The molecular formula is C18H15FN2O3. The molecule has 3 aromatic rings. The van der Waals surface area contributed by atoms with E-state index in [0.29, 0.717) is 11.1 Å². The molecule has 1 aromatic heterocycles. The number of aromatic nitrogens is 2. The number of carbonyl (C=O) groups is 1. The van der Waals surface area contributed by atoms with E-state index in [2.05, 4.69) is 10.1 Å². The van der Waals surface area contributed by atoms with E-state index in [9.17, 15) is 9.18 Å². The van der Waals surface area contributed by atoms with Crippen LogP contribution < -0.4 is 0 Å². The molecule has 5 nitrogen and oxygen atoms in total. The van der Waals surface area contributed by atoms with E-state index in [4.69, 9.17) is 9.63 Å². The van der Waals surface area contributed by atoms with Crippen LogP contribution in [0.15, 0.2) is 53.1 Å². The predicted molar refractivity (Wildman–Crippen MR) is 85.0 cm³/mol. The number of carboxylic acids is 1. The van der Waals surface area contributed by atoms with Crippen molar-refractivity contribution >= 4 is 5.97 Å². The zero-order chi connectivity index (χ0) is 17.1. The Labute approximate surface area is 137 Å². The van der Waals surface area contributed by atoms with Gasteiger partial charge in [0.2, 0.25) is 5.89 Å². The van der Waals surface area contributed by atoms with Crippen LogP contribution in [-0.4, -0.2) is 21.2 Å². The van der Waals surface area contributed by atoms with Gasteiger partial charge in [-0.3, -0.25) is 4.79 Å². The Morgan fingerprint density at radius 2 is 2.00 bits per heavy atom. The van der Waals surface area contributed by atoms with E-state index < -0.39 is 5.97 Å². The molecule has 6 heteroatoms. The van der Waals surface area contributed by atoms with Crippen molar-refractivity contribution in [2.45, 2.75) is 19.3 Å². The Bertz CT molecular complexity index is 862. The minimum Gasteiger partial charge on any atom is -0.481 e. The van der Waals surface area contributed by atoms with E-state index in [0.717, 1.165) is 5.56 Å². The fourth-order valence-electron chi connectivity index (χ4n) is 2.45. The van der Waals surface area contributed by atoms with Crippen LogP contribution in [0.2, 0.25) is 0 Å². The van der Waals surface area contributed by atoms with Gasteiger partial charge in [0.25, 0.3) is 0 Å². The molecule has 1 heterocycles. The highest BCUT2D eigenvalue weighted by molar-refractivity contribution is 5.68. The topological polar surface area (TPSA) is 76.2 Å². The Kier molecular flexibility index (Phi) is 4.37. The van der Waals surface area contributed by atoms with Crippen molar-refractivity contribution in [3.63, 3.8) is 0 Å². The third kappa shape index (κ3) is 3.32. The van der Waals surface area contributed by atoms with Crippen molar-refractivity contribution in [3.05, 3.63) is 71.6 Å². The summed E-state index contributed by atoms with van der Waals surface area (Å²) in [6.07, 6.45) is -0.308. The number of carboxylic acid groups (broad SMARTS) is 1. The molecular weight excluding hydrogens is 311 g/mol. The summed E-state index contributed by atoms with van der Waals surface area (Å²) in [6, 6.07) is 14.2. The highest BCUT2D eigenvalue weighted by Crippen LogP contribution is 2.28. The molecule has 0 saturated carbocycles. The number of hydrogen-bond donors (Lipinski definition) is 1. The summed E-state index contributed by atoms with van der Waals surface area (Å²) in [4.78, 5) is 14.7. The van der Waals surface area contributed by atoms with Gasteiger partial charge in [-0.15, -0.1) is 0 Å². The van der Waals surface area contributed by atoms with Crippen molar-refractivity contribution in [1.82, 2.24) is 10.1 Å². The lowest BCUT2D eigenvalue weighted by Gasteiger charge is -2.10. The van der Waals surface area contributed by atoms with Gasteiger partial charge in [-0.25, -0.2) is 4.39 Å². The van der Waals surface area contributed by atoms with E-state index in [1.807, 2.05) is 30.3 Å². The highest BCUT2D eigenvalue weighted by Gasteiger charge is 2.19. The Morgan fingerprint density at radius 3 is 2.67 bits per heavy atom. The zero-order valence-electron chi connectivity index (χ0n) is 12.9. The van der Waals surface area contributed by atoms with Gasteiger partial charge in [0.15, 0.2) is 5.82 Å². The van der Waals surface area contributed by atoms with E-state index in [1.54, 1.807) is 19.1 Å². The Morgan fingerprint density at radius 1 is 1.25 bits per heavy atom. The molecule has 0 radical (unpaired) electrons. The largest absolute Gasteiger partial charge is 0.481 e. The maximum Gasteiger partial charge on any atom is 0.311 e. The molecule has 0 bridgehead atoms. The molecule has 0 amide bonds. The quantitative estimate of drug-likeness (QED) is 0.774. The third-order valence-electron chi connectivity index (χ3n) is 3.74. The van der Waals surface area contributed by atoms with Crippen LogP contribution in [0.5, 0.6) is 0 Å². The summed E-state index contributed by atoms with van der Waals surface area (Å²) in [7, 11) is 0. The molecule has 1 N–H and O–H groups in total. The fourth-order valence-corrected chi connectivity index (χ4v) is 2.45. The van der Waals surface area contributed by atoms with Crippen LogP contribution in [0.3, 0.4) is 0 Å². The van der Waals surface area contributed by atoms with Crippen LogP contribution in [0, 0.1) is 5.82 Å². The van der Waals surface area contributed by atoms with Crippen LogP contribution in [0.25, 0.3) is 11.1 Å². The molecule has 0 aliphatic heterocycles. The summed E-state index contributed by atoms with van der Waals surface area (Å²) < 4.78 is 19.5. The van der Waals surface area contributed by atoms with Crippen LogP contribution in [-0.2, 0) is 11.2 Å². The van der Waals surface area contributed by atoms with Gasteiger partial charge in [-0.05, 0) is 24.1 Å². The zero-order valence-corrected chi connectivity index (χ0v) is 12.9. The van der Waals surface area contributed by atoms with Crippen molar-refractivity contribution in [1.29, 1.82) is 0 Å². The SMILES string of the molecule is CC(c1ccc(-c2ccccc2)c(F)c1)c1nc(CC(=O)O)no1. The summed E-state index contributed by atoms with van der Waals surface area (Å²) in [5.74, 6) is -1.34. The first-order valence-corrected chi connectivity index (χ1v) is 7.43. The second kappa shape index (κ2) is 6.62. The molecule has 0 spiro atoms. The summed E-state index contributed by atoms with van der Waals surface area (Å²) in [5, 5.41) is 12.4. The first-order chi connectivity index (χ1) is 11.5. The molecule has 0 fully saturated rings. The van der Waals surface area contributed by atoms with E-state index in [1.165, 1.54) is 6.07 Å². The smallest absolute Gasteiger partial charge is 0.311 e. The standard InChI is InChI=1S/C18H15FN2O3/c1-11(18-20-16(21-24-18)10-17(22)23)13-7-8-14(15(19)9-13)12-5-3-2-4-6-12/h2-9,11H,10H2,1H3,(H,22,23). The average Bonchev–Trinajstić information content (AvgIpc) is 3.02. The van der Waals surface area contributed by atoms with Crippen LogP contribution in [0.1, 0.15) is 30.1 Å². The molecule has 0 aliphatic carbocycles. The summed E-state index contributed by atoms with van der Waals surface area (Å²) in [6.45, 7) is 1.80. The molecule has 24 heavy (non-hydrogen) atoms. The molecule has 1 atom stereocenters. The monoisotopic (exact) mass is 326 g/mol. The van der Waals surface area contributed by atoms with Gasteiger partial charge in [0, 0.05) is 5.56 Å². The lowest BCUT2D eigenvalue weighted by Crippen LogP contribution is -2.03. The number of halogens is 1. The Hall–Kier alpha value is -3.02. The summed E-state index contributed by atoms with van der Waals surface area (Å²) in [5.41, 5.74) is 2.00. The third-order valence-corrected chi connectivity index (χ3v) is 3.74. The average molecular weight is 326 g/mol. The minimum absolute atomic E-state index is 0.103. The van der Waals surface area contributed by atoms with Gasteiger partial charge in [-0.1, -0.05) is 47.6 Å². The van der Waals surface area contributed by atoms with E-state index >= 15 is 0 Å². The minimum atomic E-state index is -1.03.